The fourth-order valence-electron chi connectivity index (χ4n) is 1.66. The third-order valence-corrected chi connectivity index (χ3v) is 3.50. The second kappa shape index (κ2) is 17.9. The monoisotopic (exact) mass is 353 g/mol. The average molecular weight is 353 g/mol. The molecule has 0 amide bonds. The van der Waals surface area contributed by atoms with Gasteiger partial charge in [0.25, 0.3) is 0 Å². The molecule has 0 spiro atoms. The summed E-state index contributed by atoms with van der Waals surface area (Å²) in [6, 6.07) is -1.17. The standard InChI is InChI=1S/C12H23NO4S2.2Na/c14-11(15)8-10(12(16)17)13-6-3-1-2-4-9(19)5-7-18;;/h9-10,13,18-19H,1-8H2,(H,14,15)(H,16,17);;/q;2*+1/p-2/t9?,10-;;/m0../s1. The molecule has 0 aliphatic rings. The van der Waals surface area contributed by atoms with Crippen LogP contribution in [0.4, 0.5) is 0 Å². The number of aliphatic carboxylic acids is 2. The summed E-state index contributed by atoms with van der Waals surface area (Å²) in [6.07, 6.45) is 4.17. The number of nitrogens with one attached hydrogen (secondary N) is 1. The topological polar surface area (TPSA) is 92.3 Å². The minimum Gasteiger partial charge on any atom is -0.550 e. The van der Waals surface area contributed by atoms with E-state index in [0.29, 0.717) is 11.8 Å². The smallest absolute Gasteiger partial charge is 0.550 e. The fraction of sp³-hybridized carbons (Fsp3) is 0.833. The van der Waals surface area contributed by atoms with E-state index in [1.54, 1.807) is 0 Å². The number of carboxylic acid groups (broad SMARTS) is 2. The van der Waals surface area contributed by atoms with Gasteiger partial charge in [0.15, 0.2) is 0 Å². The predicted octanol–water partition coefficient (Wildman–Crippen LogP) is -6.98. The Balaban J connectivity index is -0.00000162. The van der Waals surface area contributed by atoms with E-state index in [-0.39, 0.29) is 59.1 Å². The molecule has 0 bridgehead atoms. The van der Waals surface area contributed by atoms with Crippen molar-refractivity contribution in [2.45, 2.75) is 49.8 Å². The first-order valence-electron chi connectivity index (χ1n) is 6.40. The quantitative estimate of drug-likeness (QED) is 0.184. The zero-order chi connectivity index (χ0) is 14.7. The van der Waals surface area contributed by atoms with Crippen LogP contribution in [0.5, 0.6) is 0 Å². The molecule has 0 saturated heterocycles. The number of hydrogen-bond donors (Lipinski definition) is 3. The van der Waals surface area contributed by atoms with Crippen LogP contribution in [0.2, 0.25) is 0 Å². The molecule has 0 aliphatic heterocycles. The molecule has 9 heteroatoms. The van der Waals surface area contributed by atoms with Crippen molar-refractivity contribution in [3.63, 3.8) is 0 Å². The maximum Gasteiger partial charge on any atom is 1.00 e. The van der Waals surface area contributed by atoms with E-state index in [1.165, 1.54) is 0 Å². The summed E-state index contributed by atoms with van der Waals surface area (Å²) in [5, 5.41) is 24.0. The molecule has 21 heavy (non-hydrogen) atoms. The molecule has 0 radical (unpaired) electrons. The number of carbonyl (C=O) groups is 2. The van der Waals surface area contributed by atoms with Crippen LogP contribution in [-0.4, -0.2) is 35.5 Å². The Morgan fingerprint density at radius 1 is 1.05 bits per heavy atom. The van der Waals surface area contributed by atoms with Gasteiger partial charge < -0.3 is 25.1 Å². The van der Waals surface area contributed by atoms with E-state index in [9.17, 15) is 19.8 Å². The van der Waals surface area contributed by atoms with Crippen LogP contribution >= 0.6 is 25.3 Å². The zero-order valence-corrected chi connectivity index (χ0v) is 18.6. The van der Waals surface area contributed by atoms with E-state index >= 15 is 0 Å². The molecule has 0 fully saturated rings. The van der Waals surface area contributed by atoms with Gasteiger partial charge in [0.2, 0.25) is 0 Å². The fourth-order valence-corrected chi connectivity index (χ4v) is 2.48. The van der Waals surface area contributed by atoms with Crippen LogP contribution in [0.25, 0.3) is 0 Å². The van der Waals surface area contributed by atoms with Crippen molar-refractivity contribution in [2.24, 2.45) is 0 Å². The first kappa shape index (κ1) is 27.4. The Morgan fingerprint density at radius 2 is 1.67 bits per heavy atom. The summed E-state index contributed by atoms with van der Waals surface area (Å²) in [4.78, 5) is 21.0. The molecule has 5 nitrogen and oxygen atoms in total. The van der Waals surface area contributed by atoms with Crippen LogP contribution in [-0.2, 0) is 9.59 Å². The van der Waals surface area contributed by atoms with Crippen LogP contribution in [0, 0.1) is 0 Å². The van der Waals surface area contributed by atoms with Crippen molar-refractivity contribution in [1.82, 2.24) is 5.32 Å². The van der Waals surface area contributed by atoms with Crippen molar-refractivity contribution in [2.75, 3.05) is 12.3 Å². The van der Waals surface area contributed by atoms with Gasteiger partial charge in [0.05, 0.1) is 12.0 Å². The van der Waals surface area contributed by atoms with Crippen molar-refractivity contribution in [1.29, 1.82) is 0 Å². The van der Waals surface area contributed by atoms with Gasteiger partial charge in [0.1, 0.15) is 0 Å². The van der Waals surface area contributed by atoms with Crippen molar-refractivity contribution < 1.29 is 78.9 Å². The van der Waals surface area contributed by atoms with Gasteiger partial charge >= 0.3 is 59.1 Å². The number of unbranched alkanes of at least 4 members (excludes halogenated alkanes) is 2. The second-order valence-corrected chi connectivity index (χ2v) is 5.59. The van der Waals surface area contributed by atoms with Crippen molar-refractivity contribution >= 4 is 37.2 Å². The molecule has 1 N–H and O–H groups in total. The Bertz CT molecular complexity index is 286. The van der Waals surface area contributed by atoms with Crippen LogP contribution in [0.3, 0.4) is 0 Å². The summed E-state index contributed by atoms with van der Waals surface area (Å²) in [6.45, 7) is 0.454. The largest absolute Gasteiger partial charge is 1.00 e. The van der Waals surface area contributed by atoms with Crippen molar-refractivity contribution in [3.05, 3.63) is 0 Å². The van der Waals surface area contributed by atoms with Gasteiger partial charge in [-0.25, -0.2) is 0 Å². The first-order valence-corrected chi connectivity index (χ1v) is 7.55. The molecule has 0 aromatic heterocycles. The van der Waals surface area contributed by atoms with E-state index in [1.807, 2.05) is 0 Å². The predicted molar refractivity (Wildman–Crippen MR) is 76.1 cm³/mol. The van der Waals surface area contributed by atoms with E-state index < -0.39 is 24.4 Å². The number of thiol groups is 2. The zero-order valence-electron chi connectivity index (χ0n) is 12.8. The number of carboxylic acids is 2. The van der Waals surface area contributed by atoms with Crippen LogP contribution in [0.15, 0.2) is 0 Å². The summed E-state index contributed by atoms with van der Waals surface area (Å²) in [5.41, 5.74) is 0. The van der Waals surface area contributed by atoms with E-state index in [0.717, 1.165) is 37.9 Å². The normalized spacial score (nSPS) is 12.7. The maximum atomic E-state index is 10.6. The minimum atomic E-state index is -1.41. The molecular formula is C12H21NNa2O4S2. The van der Waals surface area contributed by atoms with Gasteiger partial charge in [0, 0.05) is 17.6 Å². The van der Waals surface area contributed by atoms with Gasteiger partial charge in [-0.15, -0.1) is 0 Å². The number of carbonyl (C=O) groups excluding carboxylic acids is 2. The Hall–Kier alpha value is 1.60. The van der Waals surface area contributed by atoms with Crippen LogP contribution < -0.4 is 74.6 Å². The van der Waals surface area contributed by atoms with Gasteiger partial charge in [-0.1, -0.05) is 12.8 Å². The first-order chi connectivity index (χ1) is 8.97. The Labute approximate surface area is 181 Å². The van der Waals surface area contributed by atoms with E-state index in [4.69, 9.17) is 0 Å². The molecule has 0 saturated carbocycles. The minimum absolute atomic E-state index is 0. The molecule has 112 valence electrons. The van der Waals surface area contributed by atoms with Gasteiger partial charge in [-0.3, -0.25) is 0 Å². The third-order valence-electron chi connectivity index (χ3n) is 2.72. The second-order valence-electron chi connectivity index (χ2n) is 4.42. The van der Waals surface area contributed by atoms with E-state index in [2.05, 4.69) is 30.6 Å². The van der Waals surface area contributed by atoms with Crippen LogP contribution in [0.1, 0.15) is 38.5 Å². The molecule has 0 rings (SSSR count). The van der Waals surface area contributed by atoms with Gasteiger partial charge in [-0.2, -0.15) is 25.3 Å². The summed E-state index contributed by atoms with van der Waals surface area (Å²) < 4.78 is 0. The average Bonchev–Trinajstić information content (AvgIpc) is 2.31. The molecular weight excluding hydrogens is 332 g/mol. The molecule has 1 unspecified atom stereocenters. The van der Waals surface area contributed by atoms with Gasteiger partial charge in [-0.05, 0) is 31.6 Å². The Morgan fingerprint density at radius 3 is 2.14 bits per heavy atom. The molecule has 0 aromatic carbocycles. The SMILES string of the molecule is O=C([O-])C[C@H](NCCCCCC(S)CCS)C(=O)[O-].[Na+].[Na+]. The Kier molecular flexibility index (Phi) is 23.5. The van der Waals surface area contributed by atoms with Crippen molar-refractivity contribution in [3.8, 4) is 0 Å². The molecule has 0 heterocycles. The molecule has 0 aromatic rings. The summed E-state index contributed by atoms with van der Waals surface area (Å²) >= 11 is 8.54. The third kappa shape index (κ3) is 17.8. The molecule has 0 aliphatic carbocycles. The maximum absolute atomic E-state index is 10.6. The number of hydrogen-bond acceptors (Lipinski definition) is 7. The summed E-state index contributed by atoms with van der Waals surface area (Å²) in [5.74, 6) is -1.98. The number of rotatable bonds is 12. The summed E-state index contributed by atoms with van der Waals surface area (Å²) in [7, 11) is 0. The molecule has 2 atom stereocenters.